The number of hydrogen-bond donors (Lipinski definition) is 0. The Labute approximate surface area is 97.8 Å². The van der Waals surface area contributed by atoms with Gasteiger partial charge in [-0.25, -0.2) is 0 Å². The van der Waals surface area contributed by atoms with Gasteiger partial charge in [0.1, 0.15) is 18.1 Å². The number of aromatic nitrogens is 1. The molecule has 6 nitrogen and oxygen atoms in total. The second-order valence-corrected chi connectivity index (χ2v) is 3.96. The van der Waals surface area contributed by atoms with E-state index < -0.39 is 4.92 Å². The lowest BCUT2D eigenvalue weighted by Gasteiger charge is -2.21. The Bertz CT molecular complexity index is 447. The van der Waals surface area contributed by atoms with Crippen molar-refractivity contribution in [2.45, 2.75) is 31.8 Å². The van der Waals surface area contributed by atoms with Gasteiger partial charge in [0.05, 0.1) is 0 Å². The first kappa shape index (κ1) is 11.5. The molecule has 2 rings (SSSR count). The van der Waals surface area contributed by atoms with Crippen LogP contribution in [0.3, 0.4) is 0 Å². The van der Waals surface area contributed by atoms with Crippen LogP contribution in [0.2, 0.25) is 0 Å². The van der Waals surface area contributed by atoms with E-state index in [1.165, 1.54) is 12.3 Å². The van der Waals surface area contributed by atoms with Gasteiger partial charge in [-0.1, -0.05) is 0 Å². The molecule has 1 fully saturated rings. The molecule has 0 aromatic carbocycles. The summed E-state index contributed by atoms with van der Waals surface area (Å²) in [6, 6.07) is 3.08. The number of pyridine rings is 1. The third-order valence-electron chi connectivity index (χ3n) is 2.65. The molecule has 17 heavy (non-hydrogen) atoms. The van der Waals surface area contributed by atoms with Gasteiger partial charge in [-0.05, 0) is 34.9 Å². The van der Waals surface area contributed by atoms with Crippen molar-refractivity contribution < 1.29 is 14.5 Å². The molecule has 0 spiro atoms. The van der Waals surface area contributed by atoms with Crippen LogP contribution in [0, 0.1) is 10.1 Å². The van der Waals surface area contributed by atoms with E-state index in [0.717, 1.165) is 12.8 Å². The van der Waals surface area contributed by atoms with Crippen molar-refractivity contribution in [3.05, 3.63) is 28.4 Å². The van der Waals surface area contributed by atoms with Crippen molar-refractivity contribution in [3.63, 3.8) is 0 Å². The van der Waals surface area contributed by atoms with Gasteiger partial charge in [0, 0.05) is 12.8 Å². The van der Waals surface area contributed by atoms with Crippen molar-refractivity contribution in [1.82, 2.24) is 4.98 Å². The number of hydrogen-bond acceptors (Lipinski definition) is 5. The van der Waals surface area contributed by atoms with Crippen molar-refractivity contribution in [2.24, 2.45) is 0 Å². The quantitative estimate of drug-likeness (QED) is 0.591. The molecule has 1 atom stereocenters. The second-order valence-electron chi connectivity index (χ2n) is 3.96. The number of Topliss-reactive ketones (excluding diaryl/α,β-unsaturated/α-hetero) is 1. The van der Waals surface area contributed by atoms with Gasteiger partial charge in [-0.3, -0.25) is 4.79 Å². The standard InChI is InChI=1S/C11H12N2O4/c14-8-3-1-4-9(7-8)17-10-5-2-6-12-11(10)13(15)16/h2,5-6,9H,1,3-4,7H2. The van der Waals surface area contributed by atoms with Crippen LogP contribution in [-0.2, 0) is 4.79 Å². The van der Waals surface area contributed by atoms with Gasteiger partial charge in [0.15, 0.2) is 0 Å². The van der Waals surface area contributed by atoms with Crippen LogP contribution in [-0.4, -0.2) is 21.8 Å². The smallest absolute Gasteiger partial charge is 0.406 e. The normalized spacial score (nSPS) is 20.0. The highest BCUT2D eigenvalue weighted by Gasteiger charge is 2.24. The van der Waals surface area contributed by atoms with Crippen LogP contribution in [0.25, 0.3) is 0 Å². The summed E-state index contributed by atoms with van der Waals surface area (Å²) in [5, 5.41) is 10.7. The summed E-state index contributed by atoms with van der Waals surface area (Å²) in [5.41, 5.74) is 0. The van der Waals surface area contributed by atoms with Crippen molar-refractivity contribution in [3.8, 4) is 5.75 Å². The molecule has 1 aromatic rings. The molecule has 90 valence electrons. The van der Waals surface area contributed by atoms with Crippen molar-refractivity contribution in [2.75, 3.05) is 0 Å². The summed E-state index contributed by atoms with van der Waals surface area (Å²) in [6.45, 7) is 0. The van der Waals surface area contributed by atoms with Crippen LogP contribution in [0.1, 0.15) is 25.7 Å². The Hall–Kier alpha value is -1.98. The molecule has 1 aromatic heterocycles. The first-order valence-electron chi connectivity index (χ1n) is 5.44. The SMILES string of the molecule is O=C1CCCC(Oc2cccnc2[N+](=O)[O-])C1. The topological polar surface area (TPSA) is 82.3 Å². The summed E-state index contributed by atoms with van der Waals surface area (Å²) in [4.78, 5) is 25.0. The molecule has 0 N–H and O–H groups in total. The zero-order valence-corrected chi connectivity index (χ0v) is 9.17. The summed E-state index contributed by atoms with van der Waals surface area (Å²) < 4.78 is 5.49. The number of carbonyl (C=O) groups is 1. The van der Waals surface area contributed by atoms with E-state index in [1.54, 1.807) is 6.07 Å². The Morgan fingerprint density at radius 2 is 2.35 bits per heavy atom. The summed E-state index contributed by atoms with van der Waals surface area (Å²) in [7, 11) is 0. The number of ether oxygens (including phenoxy) is 1. The number of rotatable bonds is 3. The maximum absolute atomic E-state index is 11.3. The van der Waals surface area contributed by atoms with Gasteiger partial charge < -0.3 is 14.9 Å². The van der Waals surface area contributed by atoms with E-state index in [-0.39, 0.29) is 23.5 Å². The van der Waals surface area contributed by atoms with Gasteiger partial charge in [0.25, 0.3) is 0 Å². The third-order valence-corrected chi connectivity index (χ3v) is 2.65. The molecule has 1 aliphatic carbocycles. The van der Waals surface area contributed by atoms with E-state index >= 15 is 0 Å². The average Bonchev–Trinajstić information content (AvgIpc) is 2.29. The first-order valence-corrected chi connectivity index (χ1v) is 5.44. The minimum Gasteiger partial charge on any atom is -0.482 e. The lowest BCUT2D eigenvalue weighted by Crippen LogP contribution is -2.25. The number of ketones is 1. The lowest BCUT2D eigenvalue weighted by molar-refractivity contribution is -0.390. The van der Waals surface area contributed by atoms with Gasteiger partial charge in [-0.2, -0.15) is 0 Å². The van der Waals surface area contributed by atoms with Gasteiger partial charge >= 0.3 is 5.82 Å². The maximum atomic E-state index is 11.3. The predicted molar refractivity (Wildman–Crippen MR) is 58.8 cm³/mol. The Kier molecular flexibility index (Phi) is 3.32. The fourth-order valence-corrected chi connectivity index (χ4v) is 1.88. The molecule has 0 radical (unpaired) electrons. The molecule has 0 saturated heterocycles. The molecule has 1 unspecified atom stereocenters. The fourth-order valence-electron chi connectivity index (χ4n) is 1.88. The number of carbonyl (C=O) groups excluding carboxylic acids is 1. The Balaban J connectivity index is 2.12. The molecule has 1 heterocycles. The summed E-state index contributed by atoms with van der Waals surface area (Å²) in [6.07, 6.45) is 3.51. The highest BCUT2D eigenvalue weighted by Crippen LogP contribution is 2.27. The van der Waals surface area contributed by atoms with Crippen LogP contribution < -0.4 is 4.74 Å². The first-order chi connectivity index (χ1) is 8.16. The van der Waals surface area contributed by atoms with E-state index in [1.807, 2.05) is 0 Å². The Morgan fingerprint density at radius 3 is 3.06 bits per heavy atom. The van der Waals surface area contributed by atoms with Crippen molar-refractivity contribution >= 4 is 11.6 Å². The summed E-state index contributed by atoms with van der Waals surface area (Å²) in [5.74, 6) is -0.0180. The third kappa shape index (κ3) is 2.77. The van der Waals surface area contributed by atoms with E-state index in [2.05, 4.69) is 4.98 Å². The molecule has 6 heteroatoms. The minimum atomic E-state index is -0.583. The van der Waals surface area contributed by atoms with Crippen LogP contribution in [0.5, 0.6) is 5.75 Å². The lowest BCUT2D eigenvalue weighted by atomic mass is 9.96. The van der Waals surface area contributed by atoms with E-state index in [0.29, 0.717) is 12.8 Å². The molecule has 1 aliphatic rings. The largest absolute Gasteiger partial charge is 0.482 e. The number of nitro groups is 1. The number of nitrogens with zero attached hydrogens (tertiary/aromatic N) is 2. The molecule has 1 saturated carbocycles. The minimum absolute atomic E-state index is 0.136. The second kappa shape index (κ2) is 4.90. The fraction of sp³-hybridized carbons (Fsp3) is 0.455. The maximum Gasteiger partial charge on any atom is 0.406 e. The zero-order chi connectivity index (χ0) is 12.3. The molecular formula is C11H12N2O4. The predicted octanol–water partition coefficient (Wildman–Crippen LogP) is 1.88. The Morgan fingerprint density at radius 1 is 1.53 bits per heavy atom. The average molecular weight is 236 g/mol. The van der Waals surface area contributed by atoms with E-state index in [4.69, 9.17) is 4.74 Å². The van der Waals surface area contributed by atoms with Gasteiger partial charge in [0.2, 0.25) is 5.75 Å². The van der Waals surface area contributed by atoms with Gasteiger partial charge in [-0.15, -0.1) is 0 Å². The highest BCUT2D eigenvalue weighted by molar-refractivity contribution is 5.79. The molecule has 0 bridgehead atoms. The monoisotopic (exact) mass is 236 g/mol. The van der Waals surface area contributed by atoms with Crippen LogP contribution >= 0.6 is 0 Å². The highest BCUT2D eigenvalue weighted by atomic mass is 16.6. The zero-order valence-electron chi connectivity index (χ0n) is 9.17. The van der Waals surface area contributed by atoms with Crippen LogP contribution in [0.15, 0.2) is 18.3 Å². The molecule has 0 amide bonds. The molecular weight excluding hydrogens is 224 g/mol. The molecule has 0 aliphatic heterocycles. The summed E-state index contributed by atoms with van der Waals surface area (Å²) >= 11 is 0. The van der Waals surface area contributed by atoms with Crippen LogP contribution in [0.4, 0.5) is 5.82 Å². The van der Waals surface area contributed by atoms with Crippen molar-refractivity contribution in [1.29, 1.82) is 0 Å². The van der Waals surface area contributed by atoms with E-state index in [9.17, 15) is 14.9 Å².